The first-order chi connectivity index (χ1) is 10.5. The summed E-state index contributed by atoms with van der Waals surface area (Å²) in [6, 6.07) is 8.14. The van der Waals surface area contributed by atoms with E-state index in [0.717, 1.165) is 23.3 Å². The van der Waals surface area contributed by atoms with Crippen LogP contribution in [0.1, 0.15) is 50.6 Å². The zero-order valence-corrected chi connectivity index (χ0v) is 14.8. The van der Waals surface area contributed by atoms with Crippen LogP contribution >= 0.6 is 0 Å². The molecule has 1 fully saturated rings. The van der Waals surface area contributed by atoms with Gasteiger partial charge in [-0.15, -0.1) is 0 Å². The lowest BCUT2D eigenvalue weighted by Gasteiger charge is -2.27. The molecular formula is C18H29NO2S. The molecule has 0 aliphatic heterocycles. The molecule has 1 aliphatic rings. The van der Waals surface area contributed by atoms with Gasteiger partial charge in [-0.3, -0.25) is 4.21 Å². The molecule has 1 aliphatic carbocycles. The third kappa shape index (κ3) is 4.40. The summed E-state index contributed by atoms with van der Waals surface area (Å²) in [6.45, 7) is 2.12. The van der Waals surface area contributed by atoms with Crippen molar-refractivity contribution < 1.29 is 9.32 Å². The van der Waals surface area contributed by atoms with Crippen molar-refractivity contribution >= 4 is 10.8 Å². The predicted molar refractivity (Wildman–Crippen MR) is 92.4 cm³/mol. The summed E-state index contributed by atoms with van der Waals surface area (Å²) >= 11 is 0. The number of rotatable bonds is 6. The Morgan fingerprint density at radius 1 is 1.23 bits per heavy atom. The molecule has 0 heterocycles. The van der Waals surface area contributed by atoms with Gasteiger partial charge in [0.2, 0.25) is 0 Å². The normalized spacial score (nSPS) is 20.8. The highest BCUT2D eigenvalue weighted by Gasteiger charge is 2.25. The highest BCUT2D eigenvalue weighted by molar-refractivity contribution is 7.85. The molecule has 0 spiro atoms. The van der Waals surface area contributed by atoms with E-state index in [0.29, 0.717) is 11.7 Å². The summed E-state index contributed by atoms with van der Waals surface area (Å²) in [5.41, 5.74) is 1.10. The van der Waals surface area contributed by atoms with Gasteiger partial charge in [-0.25, -0.2) is 0 Å². The molecule has 3 nitrogen and oxygen atoms in total. The molecule has 0 saturated heterocycles. The van der Waals surface area contributed by atoms with Gasteiger partial charge >= 0.3 is 0 Å². The Balaban J connectivity index is 2.09. The molecular weight excluding hydrogens is 294 g/mol. The molecule has 0 unspecified atom stereocenters. The van der Waals surface area contributed by atoms with Crippen LogP contribution in [0.3, 0.4) is 0 Å². The van der Waals surface area contributed by atoms with Gasteiger partial charge in [0, 0.05) is 10.9 Å². The summed E-state index contributed by atoms with van der Waals surface area (Å²) in [5.74, 6) is 0.693. The Kier molecular flexibility index (Phi) is 6.60. The van der Waals surface area contributed by atoms with Crippen LogP contribution in [0.25, 0.3) is 0 Å². The van der Waals surface area contributed by atoms with Crippen LogP contribution < -0.4 is 0 Å². The van der Waals surface area contributed by atoms with E-state index in [4.69, 9.17) is 0 Å². The van der Waals surface area contributed by atoms with Crippen molar-refractivity contribution in [3.8, 4) is 0 Å². The second-order valence-corrected chi connectivity index (χ2v) is 8.12. The summed E-state index contributed by atoms with van der Waals surface area (Å²) in [7, 11) is 2.92. The quantitative estimate of drug-likeness (QED) is 0.873. The topological polar surface area (TPSA) is 40.5 Å². The number of aliphatic hydroxyl groups excluding tert-OH is 1. The Bertz CT molecular complexity index is 498. The minimum atomic E-state index is -1.14. The predicted octanol–water partition coefficient (Wildman–Crippen LogP) is 3.36. The van der Waals surface area contributed by atoms with E-state index in [1.807, 2.05) is 38.4 Å². The fraction of sp³-hybridized carbons (Fsp3) is 0.667. The lowest BCUT2D eigenvalue weighted by Crippen LogP contribution is -2.29. The molecule has 3 atom stereocenters. The first-order valence-electron chi connectivity index (χ1n) is 8.32. The van der Waals surface area contributed by atoms with Gasteiger partial charge in [-0.2, -0.15) is 0 Å². The fourth-order valence-corrected chi connectivity index (χ4v) is 4.70. The summed E-state index contributed by atoms with van der Waals surface area (Å²) in [6.07, 6.45) is 5.38. The highest BCUT2D eigenvalue weighted by atomic mass is 32.2. The van der Waals surface area contributed by atoms with E-state index in [1.54, 1.807) is 0 Å². The molecule has 124 valence electrons. The zero-order valence-electron chi connectivity index (χ0n) is 14.0. The fourth-order valence-electron chi connectivity index (χ4n) is 3.21. The number of hydrogen-bond donors (Lipinski definition) is 1. The average molecular weight is 324 g/mol. The van der Waals surface area contributed by atoms with Crippen molar-refractivity contribution in [2.75, 3.05) is 19.8 Å². The van der Waals surface area contributed by atoms with Gasteiger partial charge in [0.25, 0.3) is 0 Å². The van der Waals surface area contributed by atoms with Crippen molar-refractivity contribution in [3.05, 3.63) is 29.8 Å². The number of benzene rings is 1. The monoisotopic (exact) mass is 323 g/mol. The maximum Gasteiger partial charge on any atom is 0.0687 e. The van der Waals surface area contributed by atoms with Gasteiger partial charge < -0.3 is 10.0 Å². The summed E-state index contributed by atoms with van der Waals surface area (Å²) in [5, 5.41) is 10.4. The molecule has 1 saturated carbocycles. The Labute approximate surface area is 137 Å². The largest absolute Gasteiger partial charge is 0.392 e. The molecule has 1 aromatic carbocycles. The minimum absolute atomic E-state index is 0.215. The second-order valence-electron chi connectivity index (χ2n) is 6.66. The Morgan fingerprint density at radius 2 is 1.86 bits per heavy atom. The van der Waals surface area contributed by atoms with E-state index < -0.39 is 16.9 Å². The summed E-state index contributed by atoms with van der Waals surface area (Å²) in [4.78, 5) is 2.99. The van der Waals surface area contributed by atoms with E-state index in [2.05, 4.69) is 11.8 Å². The van der Waals surface area contributed by atoms with Crippen LogP contribution in [-0.2, 0) is 10.8 Å². The van der Waals surface area contributed by atoms with Gasteiger partial charge in [0.05, 0.1) is 22.7 Å². The number of hydrogen-bond acceptors (Lipinski definition) is 3. The molecule has 4 heteroatoms. The molecule has 0 radical (unpaired) electrons. The third-order valence-electron chi connectivity index (χ3n) is 4.91. The van der Waals surface area contributed by atoms with Gasteiger partial charge in [0.15, 0.2) is 0 Å². The highest BCUT2D eigenvalue weighted by Crippen LogP contribution is 2.29. The Hall–Kier alpha value is -0.710. The lowest BCUT2D eigenvalue weighted by molar-refractivity contribution is 0.104. The second kappa shape index (κ2) is 8.23. The standard InChI is InChI=1S/C18H29NO2S/c1-14(19(2)3)16-11-7-8-12-18(16)22(21)13-17(20)15-9-5-4-6-10-15/h7-8,11-12,14-15,17,20H,4-6,9-10,13H2,1-3H3/t14-,17+,22+/m1/s1. The average Bonchev–Trinajstić information content (AvgIpc) is 2.54. The molecule has 2 rings (SSSR count). The van der Waals surface area contributed by atoms with E-state index in [-0.39, 0.29) is 6.04 Å². The van der Waals surface area contributed by atoms with Crippen LogP contribution in [0.4, 0.5) is 0 Å². The first kappa shape index (κ1) is 17.6. The van der Waals surface area contributed by atoms with Crippen LogP contribution in [0.2, 0.25) is 0 Å². The van der Waals surface area contributed by atoms with Crippen molar-refractivity contribution in [3.63, 3.8) is 0 Å². The SMILES string of the molecule is C[C@H](c1ccccc1[S@@](=O)C[C@H](O)C1CCCCC1)N(C)C. The van der Waals surface area contributed by atoms with Crippen molar-refractivity contribution in [2.45, 2.75) is 56.1 Å². The minimum Gasteiger partial charge on any atom is -0.392 e. The van der Waals surface area contributed by atoms with E-state index >= 15 is 0 Å². The van der Waals surface area contributed by atoms with E-state index in [9.17, 15) is 9.32 Å². The van der Waals surface area contributed by atoms with Crippen molar-refractivity contribution in [1.29, 1.82) is 0 Å². The Morgan fingerprint density at radius 3 is 2.50 bits per heavy atom. The van der Waals surface area contributed by atoms with Crippen molar-refractivity contribution in [2.24, 2.45) is 5.92 Å². The van der Waals surface area contributed by atoms with E-state index in [1.165, 1.54) is 19.3 Å². The van der Waals surface area contributed by atoms with Crippen LogP contribution in [0.5, 0.6) is 0 Å². The van der Waals surface area contributed by atoms with Gasteiger partial charge in [-0.1, -0.05) is 37.5 Å². The zero-order chi connectivity index (χ0) is 16.1. The van der Waals surface area contributed by atoms with Crippen molar-refractivity contribution in [1.82, 2.24) is 4.90 Å². The molecule has 22 heavy (non-hydrogen) atoms. The van der Waals surface area contributed by atoms with Crippen LogP contribution in [-0.4, -0.2) is 40.2 Å². The summed E-state index contributed by atoms with van der Waals surface area (Å²) < 4.78 is 12.8. The lowest BCUT2D eigenvalue weighted by atomic mass is 9.86. The van der Waals surface area contributed by atoms with Crippen LogP contribution in [0.15, 0.2) is 29.2 Å². The molecule has 1 aromatic rings. The third-order valence-corrected chi connectivity index (χ3v) is 6.41. The van der Waals surface area contributed by atoms with Gasteiger partial charge in [-0.05, 0) is 51.4 Å². The van der Waals surface area contributed by atoms with Crippen LogP contribution in [0, 0.1) is 5.92 Å². The molecule has 0 bridgehead atoms. The molecule has 1 N–H and O–H groups in total. The number of nitrogens with zero attached hydrogens (tertiary/aromatic N) is 1. The van der Waals surface area contributed by atoms with Gasteiger partial charge in [0.1, 0.15) is 0 Å². The molecule has 0 aromatic heterocycles. The maximum absolute atomic E-state index is 12.8. The number of aliphatic hydroxyl groups is 1. The first-order valence-corrected chi connectivity index (χ1v) is 9.64. The smallest absolute Gasteiger partial charge is 0.0687 e. The maximum atomic E-state index is 12.8. The molecule has 0 amide bonds.